The van der Waals surface area contributed by atoms with Gasteiger partial charge in [-0.1, -0.05) is 18.2 Å². The zero-order chi connectivity index (χ0) is 18.7. The number of nitrogens with zero attached hydrogens (tertiary/aromatic N) is 1. The van der Waals surface area contributed by atoms with E-state index < -0.39 is 0 Å². The molecule has 0 radical (unpaired) electrons. The van der Waals surface area contributed by atoms with Crippen molar-refractivity contribution in [2.75, 3.05) is 32.7 Å². The van der Waals surface area contributed by atoms with Crippen molar-refractivity contribution in [2.45, 2.75) is 25.9 Å². The molecule has 2 aromatic rings. The van der Waals surface area contributed by atoms with Gasteiger partial charge < -0.3 is 19.3 Å². The molecule has 1 aliphatic rings. The number of rotatable bonds is 6. The SMILES string of the molecule is COc1ccc(C[NH+](C)[C@@H](C)C(=O)N2CCc3ccccc32)c(OC)c1. The minimum Gasteiger partial charge on any atom is -0.497 e. The van der Waals surface area contributed by atoms with Gasteiger partial charge in [0.2, 0.25) is 0 Å². The number of fused-ring (bicyclic) bond motifs is 1. The lowest BCUT2D eigenvalue weighted by Crippen LogP contribution is -3.12. The zero-order valence-corrected chi connectivity index (χ0v) is 15.9. The van der Waals surface area contributed by atoms with Crippen molar-refractivity contribution in [3.63, 3.8) is 0 Å². The molecule has 0 aromatic heterocycles. The van der Waals surface area contributed by atoms with E-state index in [1.165, 1.54) is 5.56 Å². The molecular formula is C21H27N2O3+. The number of benzene rings is 2. The van der Waals surface area contributed by atoms with Gasteiger partial charge in [0.25, 0.3) is 5.91 Å². The van der Waals surface area contributed by atoms with Crippen LogP contribution in [0, 0.1) is 0 Å². The quantitative estimate of drug-likeness (QED) is 0.858. The van der Waals surface area contributed by atoms with Gasteiger partial charge in [-0.3, -0.25) is 4.79 Å². The van der Waals surface area contributed by atoms with Gasteiger partial charge >= 0.3 is 0 Å². The third kappa shape index (κ3) is 3.53. The van der Waals surface area contributed by atoms with Crippen LogP contribution < -0.4 is 19.3 Å². The molecule has 2 atom stereocenters. The van der Waals surface area contributed by atoms with Crippen LogP contribution in [-0.4, -0.2) is 39.8 Å². The van der Waals surface area contributed by atoms with Crippen LogP contribution in [0.2, 0.25) is 0 Å². The molecule has 1 unspecified atom stereocenters. The lowest BCUT2D eigenvalue weighted by Gasteiger charge is -2.26. The lowest BCUT2D eigenvalue weighted by molar-refractivity contribution is -0.908. The summed E-state index contributed by atoms with van der Waals surface area (Å²) in [5, 5.41) is 0. The van der Waals surface area contributed by atoms with E-state index in [0.29, 0.717) is 6.54 Å². The van der Waals surface area contributed by atoms with Crippen LogP contribution in [-0.2, 0) is 17.8 Å². The van der Waals surface area contributed by atoms with Crippen LogP contribution in [0.1, 0.15) is 18.1 Å². The lowest BCUT2D eigenvalue weighted by atomic mass is 10.1. The monoisotopic (exact) mass is 355 g/mol. The number of carbonyl (C=O) groups excluding carboxylic acids is 1. The minimum absolute atomic E-state index is 0.145. The van der Waals surface area contributed by atoms with Gasteiger partial charge in [-0.25, -0.2) is 0 Å². The van der Waals surface area contributed by atoms with Crippen LogP contribution in [0.25, 0.3) is 0 Å². The first kappa shape index (κ1) is 18.3. The van der Waals surface area contributed by atoms with Crippen LogP contribution in [0.5, 0.6) is 11.5 Å². The van der Waals surface area contributed by atoms with E-state index in [1.54, 1.807) is 14.2 Å². The molecule has 138 valence electrons. The van der Waals surface area contributed by atoms with Crippen LogP contribution in [0.4, 0.5) is 5.69 Å². The summed E-state index contributed by atoms with van der Waals surface area (Å²) in [6, 6.07) is 13.8. The van der Waals surface area contributed by atoms with Crippen molar-refractivity contribution in [3.8, 4) is 11.5 Å². The maximum absolute atomic E-state index is 13.0. The fourth-order valence-electron chi connectivity index (χ4n) is 3.46. The number of amides is 1. The van der Waals surface area contributed by atoms with Gasteiger partial charge in [-0.2, -0.15) is 0 Å². The fraction of sp³-hybridized carbons (Fsp3) is 0.381. The molecule has 5 nitrogen and oxygen atoms in total. The molecule has 26 heavy (non-hydrogen) atoms. The van der Waals surface area contributed by atoms with Gasteiger partial charge in [-0.15, -0.1) is 0 Å². The largest absolute Gasteiger partial charge is 0.497 e. The summed E-state index contributed by atoms with van der Waals surface area (Å²) in [7, 11) is 5.35. The van der Waals surface area contributed by atoms with Gasteiger partial charge in [0, 0.05) is 23.9 Å². The Morgan fingerprint density at radius 3 is 2.69 bits per heavy atom. The standard InChI is InChI=1S/C21H26N2O3/c1-15(21(24)23-12-11-16-7-5-6-8-19(16)23)22(2)14-17-9-10-18(25-3)13-20(17)26-4/h5-10,13,15H,11-12,14H2,1-4H3/p+1/t15-/m0/s1. The molecule has 0 bridgehead atoms. The first-order valence-electron chi connectivity index (χ1n) is 8.97. The number of quaternary nitrogens is 1. The number of ether oxygens (including phenoxy) is 2. The predicted octanol–water partition coefficient (Wildman–Crippen LogP) is 1.70. The summed E-state index contributed by atoms with van der Waals surface area (Å²) < 4.78 is 10.7. The van der Waals surface area contributed by atoms with E-state index in [-0.39, 0.29) is 11.9 Å². The Morgan fingerprint density at radius 2 is 1.96 bits per heavy atom. The van der Waals surface area contributed by atoms with E-state index in [9.17, 15) is 4.79 Å². The van der Waals surface area contributed by atoms with Crippen molar-refractivity contribution >= 4 is 11.6 Å². The van der Waals surface area contributed by atoms with Gasteiger partial charge in [-0.05, 0) is 37.1 Å². The van der Waals surface area contributed by atoms with Crippen molar-refractivity contribution in [1.82, 2.24) is 0 Å². The number of anilines is 1. The number of methoxy groups -OCH3 is 2. The zero-order valence-electron chi connectivity index (χ0n) is 15.9. The Bertz CT molecular complexity index is 791. The maximum atomic E-state index is 13.0. The second-order valence-corrected chi connectivity index (χ2v) is 6.79. The van der Waals surface area contributed by atoms with Crippen molar-refractivity contribution in [3.05, 3.63) is 53.6 Å². The highest BCUT2D eigenvalue weighted by Crippen LogP contribution is 2.28. The summed E-state index contributed by atoms with van der Waals surface area (Å²) in [6.07, 6.45) is 0.931. The molecule has 5 heteroatoms. The summed E-state index contributed by atoms with van der Waals surface area (Å²) in [6.45, 7) is 3.46. The second-order valence-electron chi connectivity index (χ2n) is 6.79. The molecule has 1 amide bonds. The number of carbonyl (C=O) groups is 1. The molecule has 1 aliphatic heterocycles. The van der Waals surface area contributed by atoms with Crippen LogP contribution >= 0.6 is 0 Å². The molecule has 1 N–H and O–H groups in total. The van der Waals surface area contributed by atoms with E-state index in [4.69, 9.17) is 9.47 Å². The van der Waals surface area contributed by atoms with E-state index in [2.05, 4.69) is 6.07 Å². The van der Waals surface area contributed by atoms with Crippen LogP contribution in [0.15, 0.2) is 42.5 Å². The molecule has 0 saturated carbocycles. The third-order valence-corrected chi connectivity index (χ3v) is 5.23. The normalized spacial score (nSPS) is 15.3. The van der Waals surface area contributed by atoms with E-state index in [1.807, 2.05) is 55.3 Å². The van der Waals surface area contributed by atoms with Crippen molar-refractivity contribution in [2.24, 2.45) is 0 Å². The van der Waals surface area contributed by atoms with Crippen LogP contribution in [0.3, 0.4) is 0 Å². The first-order chi connectivity index (χ1) is 12.5. The third-order valence-electron chi connectivity index (χ3n) is 5.23. The molecule has 0 saturated heterocycles. The Balaban J connectivity index is 1.72. The topological polar surface area (TPSA) is 43.2 Å². The maximum Gasteiger partial charge on any atom is 0.284 e. The summed E-state index contributed by atoms with van der Waals surface area (Å²) >= 11 is 0. The molecule has 1 heterocycles. The fourth-order valence-corrected chi connectivity index (χ4v) is 3.46. The Labute approximate surface area is 155 Å². The molecule has 3 rings (SSSR count). The molecular weight excluding hydrogens is 328 g/mol. The van der Waals surface area contributed by atoms with Crippen molar-refractivity contribution < 1.29 is 19.2 Å². The van der Waals surface area contributed by atoms with E-state index >= 15 is 0 Å². The highest BCUT2D eigenvalue weighted by Gasteiger charge is 2.32. The average molecular weight is 355 g/mol. The van der Waals surface area contributed by atoms with Gasteiger partial charge in [0.15, 0.2) is 6.04 Å². The highest BCUT2D eigenvalue weighted by atomic mass is 16.5. The number of hydrogen-bond acceptors (Lipinski definition) is 3. The molecule has 2 aromatic carbocycles. The van der Waals surface area contributed by atoms with Gasteiger partial charge in [0.1, 0.15) is 18.0 Å². The summed E-state index contributed by atoms with van der Waals surface area (Å²) in [4.78, 5) is 16.1. The number of para-hydroxylation sites is 1. The molecule has 0 fully saturated rings. The second kappa shape index (κ2) is 7.79. The number of nitrogens with one attached hydrogen (secondary N) is 1. The summed E-state index contributed by atoms with van der Waals surface area (Å²) in [5.74, 6) is 1.72. The number of hydrogen-bond donors (Lipinski definition) is 1. The Morgan fingerprint density at radius 1 is 1.19 bits per heavy atom. The average Bonchev–Trinajstić information content (AvgIpc) is 3.11. The minimum atomic E-state index is -0.145. The highest BCUT2D eigenvalue weighted by molar-refractivity contribution is 5.97. The van der Waals surface area contributed by atoms with Gasteiger partial charge in [0.05, 0.1) is 21.3 Å². The van der Waals surface area contributed by atoms with E-state index in [0.717, 1.165) is 40.6 Å². The smallest absolute Gasteiger partial charge is 0.284 e. The number of likely N-dealkylation sites (N-methyl/N-ethyl adjacent to an activating group) is 1. The van der Waals surface area contributed by atoms with Crippen molar-refractivity contribution in [1.29, 1.82) is 0 Å². The Hall–Kier alpha value is -2.53. The predicted molar refractivity (Wildman–Crippen MR) is 102 cm³/mol. The molecule has 0 spiro atoms. The summed E-state index contributed by atoms with van der Waals surface area (Å²) in [5.41, 5.74) is 3.37. The molecule has 0 aliphatic carbocycles. The Kier molecular flexibility index (Phi) is 5.47. The first-order valence-corrected chi connectivity index (χ1v) is 8.97.